The van der Waals surface area contributed by atoms with Crippen molar-refractivity contribution in [3.63, 3.8) is 0 Å². The Morgan fingerprint density at radius 2 is 2.29 bits per heavy atom. The van der Waals surface area contributed by atoms with Crippen LogP contribution in [0, 0.1) is 6.92 Å². The van der Waals surface area contributed by atoms with Gasteiger partial charge in [-0.05, 0) is 44.0 Å². The maximum absolute atomic E-state index is 12.0. The number of carbonyl (C=O) groups excluding carboxylic acids is 1. The standard InChI is InChI=1S/C13H17BrN2O/c1-9-5-6-10(14)8-12(9)16-13(17)11-4-2-3-7-15-11/h5-6,8,11,15H,2-4,7H2,1H3,(H,16,17). The topological polar surface area (TPSA) is 41.1 Å². The van der Waals surface area contributed by atoms with Gasteiger partial charge in [0.2, 0.25) is 5.91 Å². The van der Waals surface area contributed by atoms with Crippen molar-refractivity contribution >= 4 is 27.5 Å². The number of benzene rings is 1. The summed E-state index contributed by atoms with van der Waals surface area (Å²) >= 11 is 3.42. The van der Waals surface area contributed by atoms with Crippen molar-refractivity contribution in [2.45, 2.75) is 32.2 Å². The van der Waals surface area contributed by atoms with Crippen LogP contribution in [0.2, 0.25) is 0 Å². The lowest BCUT2D eigenvalue weighted by Crippen LogP contribution is -2.43. The zero-order valence-electron chi connectivity index (χ0n) is 9.92. The molecule has 0 saturated carbocycles. The third-order valence-corrected chi connectivity index (χ3v) is 3.58. The second-order valence-electron chi connectivity index (χ2n) is 4.45. The summed E-state index contributed by atoms with van der Waals surface area (Å²) in [6, 6.07) is 5.87. The van der Waals surface area contributed by atoms with E-state index in [0.717, 1.165) is 35.1 Å². The summed E-state index contributed by atoms with van der Waals surface area (Å²) in [4.78, 5) is 12.0. The molecule has 1 saturated heterocycles. The number of rotatable bonds is 2. The zero-order valence-corrected chi connectivity index (χ0v) is 11.5. The monoisotopic (exact) mass is 296 g/mol. The van der Waals surface area contributed by atoms with Gasteiger partial charge in [0.25, 0.3) is 0 Å². The number of amides is 1. The van der Waals surface area contributed by atoms with Gasteiger partial charge >= 0.3 is 0 Å². The molecule has 0 aromatic heterocycles. The molecule has 1 aromatic rings. The molecule has 92 valence electrons. The highest BCUT2D eigenvalue weighted by Crippen LogP contribution is 2.21. The summed E-state index contributed by atoms with van der Waals surface area (Å²) in [6.45, 7) is 2.94. The molecule has 0 spiro atoms. The van der Waals surface area contributed by atoms with Gasteiger partial charge in [-0.1, -0.05) is 28.4 Å². The van der Waals surface area contributed by atoms with E-state index in [1.54, 1.807) is 0 Å². The third-order valence-electron chi connectivity index (χ3n) is 3.08. The average molecular weight is 297 g/mol. The van der Waals surface area contributed by atoms with Crippen molar-refractivity contribution in [3.8, 4) is 0 Å². The number of aryl methyl sites for hydroxylation is 1. The number of hydrogen-bond donors (Lipinski definition) is 2. The summed E-state index contributed by atoms with van der Waals surface area (Å²) in [6.07, 6.45) is 3.22. The molecule has 1 heterocycles. The summed E-state index contributed by atoms with van der Waals surface area (Å²) in [5, 5.41) is 6.24. The number of nitrogens with one attached hydrogen (secondary N) is 2. The van der Waals surface area contributed by atoms with Gasteiger partial charge in [0.1, 0.15) is 0 Å². The molecule has 0 aliphatic carbocycles. The average Bonchev–Trinajstić information content (AvgIpc) is 2.35. The summed E-state index contributed by atoms with van der Waals surface area (Å²) in [5.74, 6) is 0.0749. The zero-order chi connectivity index (χ0) is 12.3. The molecule has 1 aliphatic rings. The molecule has 1 aliphatic heterocycles. The van der Waals surface area contributed by atoms with Gasteiger partial charge in [0.15, 0.2) is 0 Å². The maximum Gasteiger partial charge on any atom is 0.241 e. The quantitative estimate of drug-likeness (QED) is 0.881. The van der Waals surface area contributed by atoms with Crippen LogP contribution in [0.4, 0.5) is 5.69 Å². The van der Waals surface area contributed by atoms with Crippen molar-refractivity contribution in [2.75, 3.05) is 11.9 Å². The molecule has 1 amide bonds. The summed E-state index contributed by atoms with van der Waals surface area (Å²) < 4.78 is 0.981. The Kier molecular flexibility index (Phi) is 4.18. The first-order valence-corrected chi connectivity index (χ1v) is 6.76. The first-order chi connectivity index (χ1) is 8.16. The molecule has 3 nitrogen and oxygen atoms in total. The second-order valence-corrected chi connectivity index (χ2v) is 5.37. The van der Waals surface area contributed by atoms with Crippen molar-refractivity contribution in [1.82, 2.24) is 5.32 Å². The molecule has 2 rings (SSSR count). The van der Waals surface area contributed by atoms with Gasteiger partial charge in [0, 0.05) is 10.2 Å². The van der Waals surface area contributed by atoms with E-state index in [9.17, 15) is 4.79 Å². The minimum atomic E-state index is -0.0397. The minimum absolute atomic E-state index is 0.0397. The van der Waals surface area contributed by atoms with E-state index >= 15 is 0 Å². The highest BCUT2D eigenvalue weighted by atomic mass is 79.9. The van der Waals surface area contributed by atoms with E-state index in [-0.39, 0.29) is 11.9 Å². The molecule has 1 atom stereocenters. The molecule has 17 heavy (non-hydrogen) atoms. The van der Waals surface area contributed by atoms with Crippen LogP contribution in [-0.4, -0.2) is 18.5 Å². The van der Waals surface area contributed by atoms with Gasteiger partial charge in [-0.2, -0.15) is 0 Å². The maximum atomic E-state index is 12.0. The van der Waals surface area contributed by atoms with Gasteiger partial charge in [-0.3, -0.25) is 4.79 Å². The first-order valence-electron chi connectivity index (χ1n) is 5.97. The smallest absolute Gasteiger partial charge is 0.241 e. The Bertz CT molecular complexity index is 414. The number of carbonyl (C=O) groups is 1. The van der Waals surface area contributed by atoms with Gasteiger partial charge in [0.05, 0.1) is 6.04 Å². The van der Waals surface area contributed by atoms with Crippen molar-refractivity contribution in [2.24, 2.45) is 0 Å². The number of anilines is 1. The number of halogens is 1. The number of hydrogen-bond acceptors (Lipinski definition) is 2. The van der Waals surface area contributed by atoms with E-state index in [1.807, 2.05) is 25.1 Å². The van der Waals surface area contributed by atoms with Crippen LogP contribution < -0.4 is 10.6 Å². The van der Waals surface area contributed by atoms with Crippen molar-refractivity contribution in [1.29, 1.82) is 0 Å². The molecular weight excluding hydrogens is 280 g/mol. The van der Waals surface area contributed by atoms with Crippen molar-refractivity contribution < 1.29 is 4.79 Å². The molecule has 2 N–H and O–H groups in total. The molecule has 1 fully saturated rings. The minimum Gasteiger partial charge on any atom is -0.324 e. The summed E-state index contributed by atoms with van der Waals surface area (Å²) in [5.41, 5.74) is 1.97. The van der Waals surface area contributed by atoms with Crippen LogP contribution in [0.25, 0.3) is 0 Å². The van der Waals surface area contributed by atoms with Gasteiger partial charge in [-0.25, -0.2) is 0 Å². The summed E-state index contributed by atoms with van der Waals surface area (Å²) in [7, 11) is 0. The Morgan fingerprint density at radius 1 is 1.47 bits per heavy atom. The molecule has 0 radical (unpaired) electrons. The Hall–Kier alpha value is -0.870. The van der Waals surface area contributed by atoms with E-state index in [1.165, 1.54) is 6.42 Å². The lowest BCUT2D eigenvalue weighted by Gasteiger charge is -2.23. The second kappa shape index (κ2) is 5.65. The van der Waals surface area contributed by atoms with E-state index in [4.69, 9.17) is 0 Å². The molecular formula is C13H17BrN2O. The van der Waals surface area contributed by atoms with E-state index in [2.05, 4.69) is 26.6 Å². The lowest BCUT2D eigenvalue weighted by molar-refractivity contribution is -0.118. The SMILES string of the molecule is Cc1ccc(Br)cc1NC(=O)C1CCCCN1. The number of piperidine rings is 1. The normalized spacial score (nSPS) is 20.0. The van der Waals surface area contributed by atoms with Crippen LogP contribution in [0.5, 0.6) is 0 Å². The predicted molar refractivity (Wildman–Crippen MR) is 73.2 cm³/mol. The van der Waals surface area contributed by atoms with E-state index in [0.29, 0.717) is 0 Å². The van der Waals surface area contributed by atoms with Crippen LogP contribution in [-0.2, 0) is 4.79 Å². The van der Waals surface area contributed by atoms with E-state index < -0.39 is 0 Å². The van der Waals surface area contributed by atoms with Gasteiger partial charge < -0.3 is 10.6 Å². The first kappa shape index (κ1) is 12.6. The van der Waals surface area contributed by atoms with Crippen LogP contribution >= 0.6 is 15.9 Å². The predicted octanol–water partition coefficient (Wildman–Crippen LogP) is 2.84. The fourth-order valence-electron chi connectivity index (χ4n) is 2.02. The highest BCUT2D eigenvalue weighted by molar-refractivity contribution is 9.10. The Labute approximate surface area is 110 Å². The lowest BCUT2D eigenvalue weighted by atomic mass is 10.0. The fraction of sp³-hybridized carbons (Fsp3) is 0.462. The van der Waals surface area contributed by atoms with Crippen LogP contribution in [0.1, 0.15) is 24.8 Å². The highest BCUT2D eigenvalue weighted by Gasteiger charge is 2.20. The molecule has 0 bridgehead atoms. The molecule has 1 unspecified atom stereocenters. The molecule has 1 aromatic carbocycles. The van der Waals surface area contributed by atoms with Gasteiger partial charge in [-0.15, -0.1) is 0 Å². The molecule has 4 heteroatoms. The Balaban J connectivity index is 2.04. The van der Waals surface area contributed by atoms with Crippen molar-refractivity contribution in [3.05, 3.63) is 28.2 Å². The largest absolute Gasteiger partial charge is 0.324 e. The fourth-order valence-corrected chi connectivity index (χ4v) is 2.39. The third kappa shape index (κ3) is 3.30. The Morgan fingerprint density at radius 3 is 3.00 bits per heavy atom. The van der Waals surface area contributed by atoms with Crippen LogP contribution in [0.15, 0.2) is 22.7 Å². The van der Waals surface area contributed by atoms with Crippen LogP contribution in [0.3, 0.4) is 0 Å².